The molecule has 0 fully saturated rings. The molecule has 0 bridgehead atoms. The zero-order valence-electron chi connectivity index (χ0n) is 17.4. The summed E-state index contributed by atoms with van der Waals surface area (Å²) >= 11 is 0. The van der Waals surface area contributed by atoms with Gasteiger partial charge < -0.3 is 0 Å². The molecule has 0 amide bonds. The largest absolute Gasteiger partial charge is 0.261 e. The van der Waals surface area contributed by atoms with E-state index in [0.717, 1.165) is 6.07 Å². The van der Waals surface area contributed by atoms with Crippen LogP contribution >= 0.6 is 0 Å². The topological polar surface area (TPSA) is 93.2 Å². The summed E-state index contributed by atoms with van der Waals surface area (Å²) in [6, 6.07) is 10.9. The lowest BCUT2D eigenvalue weighted by Crippen LogP contribution is -2.27. The summed E-state index contributed by atoms with van der Waals surface area (Å²) in [5, 5.41) is 0. The molecule has 0 radical (unpaired) electrons. The third-order valence-electron chi connectivity index (χ3n) is 4.75. The van der Waals surface area contributed by atoms with Crippen molar-refractivity contribution in [3.63, 3.8) is 0 Å². The van der Waals surface area contributed by atoms with Gasteiger partial charge in [-0.05, 0) is 47.9 Å². The van der Waals surface area contributed by atoms with Gasteiger partial charge in [-0.1, -0.05) is 26.0 Å². The summed E-state index contributed by atoms with van der Waals surface area (Å²) in [5.74, 6) is -2.32. The fourth-order valence-corrected chi connectivity index (χ4v) is 5.97. The molecule has 2 aromatic carbocycles. The van der Waals surface area contributed by atoms with Gasteiger partial charge in [0.15, 0.2) is 0 Å². The summed E-state index contributed by atoms with van der Waals surface area (Å²) < 4.78 is 81.6. The Kier molecular flexibility index (Phi) is 7.06. The molecule has 0 aliphatic heterocycles. The number of sulfonamides is 1. The molecule has 0 saturated carbocycles. The van der Waals surface area contributed by atoms with Gasteiger partial charge in [-0.25, -0.2) is 30.3 Å². The third kappa shape index (κ3) is 5.37. The quantitative estimate of drug-likeness (QED) is 0.529. The highest BCUT2D eigenvalue weighted by molar-refractivity contribution is 7.91. The highest BCUT2D eigenvalue weighted by Crippen LogP contribution is 2.30. The molecule has 1 heterocycles. The van der Waals surface area contributed by atoms with Crippen molar-refractivity contribution >= 4 is 19.9 Å². The van der Waals surface area contributed by atoms with Crippen molar-refractivity contribution in [3.8, 4) is 0 Å². The van der Waals surface area contributed by atoms with Gasteiger partial charge >= 0.3 is 0 Å². The number of hydrogen-bond acceptors (Lipinski definition) is 5. The first-order chi connectivity index (χ1) is 15.0. The maximum atomic E-state index is 13.6. The van der Waals surface area contributed by atoms with Crippen LogP contribution in [-0.2, 0) is 26.3 Å². The molecular formula is C22H22F2N2O4S2. The van der Waals surface area contributed by atoms with Gasteiger partial charge in [0.25, 0.3) is 0 Å². The number of halogens is 2. The predicted molar refractivity (Wildman–Crippen MR) is 115 cm³/mol. The number of nitrogens with one attached hydrogen (secondary N) is 1. The fourth-order valence-electron chi connectivity index (χ4n) is 3.15. The minimum atomic E-state index is -4.35. The maximum absolute atomic E-state index is 13.6. The average Bonchev–Trinajstić information content (AvgIpc) is 2.73. The van der Waals surface area contributed by atoms with E-state index >= 15 is 0 Å². The van der Waals surface area contributed by atoms with Crippen molar-refractivity contribution in [1.82, 2.24) is 9.71 Å². The van der Waals surface area contributed by atoms with Crippen LogP contribution < -0.4 is 4.72 Å². The van der Waals surface area contributed by atoms with Crippen molar-refractivity contribution in [3.05, 3.63) is 83.7 Å². The summed E-state index contributed by atoms with van der Waals surface area (Å²) in [4.78, 5) is 2.96. The van der Waals surface area contributed by atoms with Gasteiger partial charge in [0.2, 0.25) is 19.9 Å². The van der Waals surface area contributed by atoms with Crippen molar-refractivity contribution in [2.24, 2.45) is 0 Å². The lowest BCUT2D eigenvalue weighted by atomic mass is 10.0. The molecule has 170 valence electrons. The first-order valence-electron chi connectivity index (χ1n) is 9.75. The Balaban J connectivity index is 1.98. The SMILES string of the molecule is CC(C)c1ccc(S(=O)(=O)c2cc(F)cc(F)c2)cc1S(=O)(=O)NCCc1ccccn1. The zero-order valence-corrected chi connectivity index (χ0v) is 19.1. The van der Waals surface area contributed by atoms with Gasteiger partial charge in [0, 0.05) is 30.9 Å². The Labute approximate surface area is 186 Å². The van der Waals surface area contributed by atoms with Gasteiger partial charge in [0.1, 0.15) is 11.6 Å². The smallest absolute Gasteiger partial charge is 0.240 e. The van der Waals surface area contributed by atoms with E-state index in [-0.39, 0.29) is 22.3 Å². The number of hydrogen-bond donors (Lipinski definition) is 1. The van der Waals surface area contributed by atoms with E-state index in [1.54, 1.807) is 38.2 Å². The summed E-state index contributed by atoms with van der Waals surface area (Å²) in [5.41, 5.74) is 1.11. The minimum absolute atomic E-state index is 0.0585. The standard InChI is InChI=1S/C22H22F2N2O4S2/c1-15(2)21-7-6-19(31(27,28)20-12-16(23)11-17(24)13-20)14-22(21)32(29,30)26-10-8-18-5-3-4-9-25-18/h3-7,9,11-15,26H,8,10H2,1-2H3. The second kappa shape index (κ2) is 9.43. The molecule has 3 aromatic rings. The summed E-state index contributed by atoms with van der Waals surface area (Å²) in [7, 11) is -8.43. The molecule has 1 N–H and O–H groups in total. The normalized spacial score (nSPS) is 12.3. The van der Waals surface area contributed by atoms with Crippen molar-refractivity contribution < 1.29 is 25.6 Å². The Bertz CT molecular complexity index is 1310. The van der Waals surface area contributed by atoms with Gasteiger partial charge in [-0.3, -0.25) is 4.98 Å². The fraction of sp³-hybridized carbons (Fsp3) is 0.227. The van der Waals surface area contributed by atoms with Crippen LogP contribution in [0.2, 0.25) is 0 Å². The van der Waals surface area contributed by atoms with E-state index in [4.69, 9.17) is 0 Å². The zero-order chi connectivity index (χ0) is 23.5. The predicted octanol–water partition coefficient (Wildman–Crippen LogP) is 3.84. The number of sulfone groups is 1. The van der Waals surface area contributed by atoms with E-state index in [1.165, 1.54) is 12.1 Å². The number of rotatable bonds is 8. The van der Waals surface area contributed by atoms with Crippen LogP contribution in [-0.4, -0.2) is 28.4 Å². The number of aromatic nitrogens is 1. The van der Waals surface area contributed by atoms with Crippen molar-refractivity contribution in [2.75, 3.05) is 6.54 Å². The molecule has 0 unspecified atom stereocenters. The maximum Gasteiger partial charge on any atom is 0.240 e. The van der Waals surface area contributed by atoms with Crippen LogP contribution in [0.15, 0.2) is 75.5 Å². The monoisotopic (exact) mass is 480 g/mol. The summed E-state index contributed by atoms with van der Waals surface area (Å²) in [6.07, 6.45) is 1.95. The Morgan fingerprint density at radius 2 is 1.59 bits per heavy atom. The molecule has 6 nitrogen and oxygen atoms in total. The van der Waals surface area contributed by atoms with Crippen LogP contribution in [0.1, 0.15) is 31.0 Å². The van der Waals surface area contributed by atoms with Gasteiger partial charge in [-0.2, -0.15) is 0 Å². The van der Waals surface area contributed by atoms with E-state index in [1.807, 2.05) is 0 Å². The second-order valence-corrected chi connectivity index (χ2v) is 11.1. The van der Waals surface area contributed by atoms with Crippen molar-refractivity contribution in [1.29, 1.82) is 0 Å². The third-order valence-corrected chi connectivity index (χ3v) is 8.00. The van der Waals surface area contributed by atoms with Gasteiger partial charge in [-0.15, -0.1) is 0 Å². The minimum Gasteiger partial charge on any atom is -0.261 e. The Morgan fingerprint density at radius 3 is 2.19 bits per heavy atom. The second-order valence-electron chi connectivity index (χ2n) is 7.43. The van der Waals surface area contributed by atoms with Crippen molar-refractivity contribution in [2.45, 2.75) is 40.9 Å². The average molecular weight is 481 g/mol. The molecule has 3 rings (SSSR count). The van der Waals surface area contributed by atoms with Crippen LogP contribution in [0.25, 0.3) is 0 Å². The lowest BCUT2D eigenvalue weighted by Gasteiger charge is -2.16. The molecule has 0 spiro atoms. The number of benzene rings is 2. The molecular weight excluding hydrogens is 458 g/mol. The van der Waals surface area contributed by atoms with Crippen LogP contribution in [0.5, 0.6) is 0 Å². The van der Waals surface area contributed by atoms with Crippen LogP contribution in [0.4, 0.5) is 8.78 Å². The van der Waals surface area contributed by atoms with E-state index in [0.29, 0.717) is 35.9 Å². The number of pyridine rings is 1. The highest BCUT2D eigenvalue weighted by atomic mass is 32.2. The van der Waals surface area contributed by atoms with Gasteiger partial charge in [0.05, 0.1) is 14.7 Å². The first-order valence-corrected chi connectivity index (χ1v) is 12.7. The van der Waals surface area contributed by atoms with E-state index in [9.17, 15) is 25.6 Å². The molecule has 1 aromatic heterocycles. The molecule has 10 heteroatoms. The Hall–Kier alpha value is -2.69. The molecule has 0 aliphatic rings. The highest BCUT2D eigenvalue weighted by Gasteiger charge is 2.26. The first kappa shape index (κ1) is 24.0. The molecule has 32 heavy (non-hydrogen) atoms. The van der Waals surface area contributed by atoms with E-state index in [2.05, 4.69) is 9.71 Å². The van der Waals surface area contributed by atoms with Crippen LogP contribution in [0.3, 0.4) is 0 Å². The molecule has 0 saturated heterocycles. The summed E-state index contributed by atoms with van der Waals surface area (Å²) in [6.45, 7) is 3.61. The Morgan fingerprint density at radius 1 is 0.906 bits per heavy atom. The van der Waals surface area contributed by atoms with E-state index < -0.39 is 36.4 Å². The number of nitrogens with zero attached hydrogens (tertiary/aromatic N) is 1. The lowest BCUT2D eigenvalue weighted by molar-refractivity contribution is 0.566. The molecule has 0 atom stereocenters. The molecule has 0 aliphatic carbocycles. The van der Waals surface area contributed by atoms with Crippen LogP contribution in [0, 0.1) is 11.6 Å².